The van der Waals surface area contributed by atoms with E-state index < -0.39 is 26.9 Å². The zero-order valence-corrected chi connectivity index (χ0v) is 20.2. The maximum absolute atomic E-state index is 15.2. The number of aromatic nitrogens is 3. The summed E-state index contributed by atoms with van der Waals surface area (Å²) >= 11 is 0. The summed E-state index contributed by atoms with van der Waals surface area (Å²) in [7, 11) is -3.73. The van der Waals surface area contributed by atoms with Crippen molar-refractivity contribution in [1.29, 1.82) is 0 Å². The Morgan fingerprint density at radius 1 is 0.971 bits per heavy atom. The van der Waals surface area contributed by atoms with E-state index in [1.54, 1.807) is 24.8 Å². The van der Waals surface area contributed by atoms with Gasteiger partial charge in [0.25, 0.3) is 0 Å². The molecule has 2 aromatic carbocycles. The van der Waals surface area contributed by atoms with Crippen LogP contribution in [0, 0.1) is 23.5 Å². The number of anilines is 1. The van der Waals surface area contributed by atoms with Gasteiger partial charge < -0.3 is 9.47 Å². The van der Waals surface area contributed by atoms with Gasteiger partial charge in [-0.15, -0.1) is 10.2 Å². The fraction of sp³-hybridized carbons (Fsp3) is 0.440. The van der Waals surface area contributed by atoms with Crippen LogP contribution in [0.15, 0.2) is 55.1 Å². The van der Waals surface area contributed by atoms with Gasteiger partial charge in [0.1, 0.15) is 29.5 Å². The van der Waals surface area contributed by atoms with E-state index in [2.05, 4.69) is 10.2 Å². The largest absolute Gasteiger partial charge is 0.368 e. The predicted octanol–water partition coefficient (Wildman–Crippen LogP) is 3.92. The van der Waals surface area contributed by atoms with E-state index in [0.29, 0.717) is 43.8 Å². The van der Waals surface area contributed by atoms with E-state index in [9.17, 15) is 8.42 Å². The Morgan fingerprint density at radius 3 is 2.34 bits per heavy atom. The highest BCUT2D eigenvalue weighted by Gasteiger charge is 2.57. The summed E-state index contributed by atoms with van der Waals surface area (Å²) in [5.41, 5.74) is 1.02. The first-order chi connectivity index (χ1) is 16.8. The van der Waals surface area contributed by atoms with Crippen LogP contribution < -0.4 is 4.90 Å². The van der Waals surface area contributed by atoms with E-state index in [1.807, 2.05) is 34.6 Å². The molecule has 5 atom stereocenters. The lowest BCUT2D eigenvalue weighted by atomic mass is 10.0. The molecule has 6 rings (SSSR count). The standard InChI is InChI=1S/C25H27F2N5O2S/c1-16-7-8-24(17-5-3-2-4-6-17)35(33,34)32(16)11-18-9-22(27)23(10-21(18)26)30-12-19-20(13-30)25(19)31-14-28-29-15-31/h2-6,9-10,14-16,19-20,24-25H,7-8,11-13H2,1H3/t16-,19-,20+,24+,25+/m0/s1. The van der Waals surface area contributed by atoms with Crippen LogP contribution >= 0.6 is 0 Å². The lowest BCUT2D eigenvalue weighted by Crippen LogP contribution is -2.44. The van der Waals surface area contributed by atoms with Crippen molar-refractivity contribution in [3.8, 4) is 0 Å². The molecule has 1 aromatic heterocycles. The maximum atomic E-state index is 15.2. The molecule has 10 heteroatoms. The van der Waals surface area contributed by atoms with Gasteiger partial charge in [-0.2, -0.15) is 4.31 Å². The van der Waals surface area contributed by atoms with Crippen molar-refractivity contribution in [2.24, 2.45) is 11.8 Å². The summed E-state index contributed by atoms with van der Waals surface area (Å²) in [5, 5.41) is 7.02. The summed E-state index contributed by atoms with van der Waals surface area (Å²) in [4.78, 5) is 1.88. The minimum Gasteiger partial charge on any atom is -0.368 e. The molecule has 3 aliphatic rings. The van der Waals surface area contributed by atoms with Gasteiger partial charge in [-0.05, 0) is 31.4 Å². The Kier molecular flexibility index (Phi) is 5.41. The third kappa shape index (κ3) is 3.83. The van der Waals surface area contributed by atoms with Gasteiger partial charge in [0.05, 0.1) is 5.69 Å². The highest BCUT2D eigenvalue weighted by atomic mass is 32.2. The van der Waals surface area contributed by atoms with Crippen molar-refractivity contribution in [3.63, 3.8) is 0 Å². The Labute approximate surface area is 203 Å². The van der Waals surface area contributed by atoms with Crippen LogP contribution in [0.25, 0.3) is 0 Å². The second-order valence-electron chi connectivity index (χ2n) is 9.94. The monoisotopic (exact) mass is 499 g/mol. The van der Waals surface area contributed by atoms with Crippen LogP contribution in [-0.2, 0) is 16.6 Å². The van der Waals surface area contributed by atoms with Gasteiger partial charge in [0.2, 0.25) is 10.0 Å². The topological polar surface area (TPSA) is 71.3 Å². The number of hydrogen-bond acceptors (Lipinski definition) is 5. The summed E-state index contributed by atoms with van der Waals surface area (Å²) in [6, 6.07) is 11.5. The van der Waals surface area contributed by atoms with Crippen LogP contribution in [0.1, 0.15) is 42.2 Å². The van der Waals surface area contributed by atoms with Crippen molar-refractivity contribution < 1.29 is 17.2 Å². The summed E-state index contributed by atoms with van der Waals surface area (Å²) in [6.45, 7) is 2.92. The van der Waals surface area contributed by atoms with E-state index in [-0.39, 0.29) is 23.8 Å². The van der Waals surface area contributed by atoms with Crippen molar-refractivity contribution in [2.45, 2.75) is 43.6 Å². The minimum atomic E-state index is -3.73. The van der Waals surface area contributed by atoms with Gasteiger partial charge in [0.15, 0.2) is 0 Å². The first-order valence-electron chi connectivity index (χ1n) is 12.0. The molecule has 7 nitrogen and oxygen atoms in total. The zero-order valence-electron chi connectivity index (χ0n) is 19.3. The first kappa shape index (κ1) is 22.6. The average Bonchev–Trinajstić information content (AvgIpc) is 3.21. The normalized spacial score (nSPS) is 29.8. The van der Waals surface area contributed by atoms with Crippen LogP contribution in [0.5, 0.6) is 0 Å². The number of rotatable bonds is 5. The second-order valence-corrected chi connectivity index (χ2v) is 12.0. The SMILES string of the molecule is C[C@H]1CC[C@H](c2ccccc2)S(=O)(=O)N1Cc1cc(F)c(N2C[C@@H]3[C@H](C2)[C@H]3n2cnnc2)cc1F. The molecule has 0 N–H and O–H groups in total. The van der Waals surface area contributed by atoms with E-state index in [1.165, 1.54) is 16.4 Å². The average molecular weight is 500 g/mol. The molecule has 1 aliphatic carbocycles. The van der Waals surface area contributed by atoms with Crippen LogP contribution in [0.2, 0.25) is 0 Å². The Bertz CT molecular complexity index is 1320. The van der Waals surface area contributed by atoms with Gasteiger partial charge in [-0.1, -0.05) is 30.3 Å². The van der Waals surface area contributed by atoms with Crippen molar-refractivity contribution in [1.82, 2.24) is 19.1 Å². The Morgan fingerprint density at radius 2 is 1.66 bits per heavy atom. The molecule has 2 aliphatic heterocycles. The smallest absolute Gasteiger partial charge is 0.221 e. The minimum absolute atomic E-state index is 0.0575. The van der Waals surface area contributed by atoms with Crippen molar-refractivity contribution >= 4 is 15.7 Å². The lowest BCUT2D eigenvalue weighted by Gasteiger charge is -2.37. The van der Waals surface area contributed by atoms with Crippen LogP contribution in [0.4, 0.5) is 14.5 Å². The molecule has 35 heavy (non-hydrogen) atoms. The number of piperidine rings is 1. The molecular weight excluding hydrogens is 472 g/mol. The zero-order chi connectivity index (χ0) is 24.3. The van der Waals surface area contributed by atoms with E-state index in [0.717, 1.165) is 5.56 Å². The van der Waals surface area contributed by atoms with Crippen LogP contribution in [0.3, 0.4) is 0 Å². The fourth-order valence-corrected chi connectivity index (χ4v) is 8.15. The number of benzene rings is 2. The molecule has 0 unspecified atom stereocenters. The molecule has 0 radical (unpaired) electrons. The molecule has 3 heterocycles. The highest BCUT2D eigenvalue weighted by Crippen LogP contribution is 2.56. The highest BCUT2D eigenvalue weighted by molar-refractivity contribution is 7.89. The molecule has 184 valence electrons. The number of fused-ring (bicyclic) bond motifs is 1. The van der Waals surface area contributed by atoms with Crippen molar-refractivity contribution in [2.75, 3.05) is 18.0 Å². The predicted molar refractivity (Wildman–Crippen MR) is 127 cm³/mol. The second kappa shape index (κ2) is 8.37. The summed E-state index contributed by atoms with van der Waals surface area (Å²) in [5.74, 6) is -0.378. The molecule has 2 saturated heterocycles. The third-order valence-electron chi connectivity index (χ3n) is 7.91. The van der Waals surface area contributed by atoms with Gasteiger partial charge in [0, 0.05) is 55.2 Å². The maximum Gasteiger partial charge on any atom is 0.221 e. The fourth-order valence-electron chi connectivity index (χ4n) is 5.96. The third-order valence-corrected chi connectivity index (χ3v) is 10.3. The number of sulfonamides is 1. The molecule has 1 saturated carbocycles. The number of nitrogens with zero attached hydrogens (tertiary/aromatic N) is 5. The molecule has 0 bridgehead atoms. The first-order valence-corrected chi connectivity index (χ1v) is 13.5. The molecule has 0 amide bonds. The molecule has 3 aromatic rings. The number of hydrogen-bond donors (Lipinski definition) is 0. The van der Waals surface area contributed by atoms with Gasteiger partial charge in [-0.3, -0.25) is 0 Å². The van der Waals surface area contributed by atoms with Crippen LogP contribution in [-0.4, -0.2) is 46.6 Å². The Hall–Kier alpha value is -2.85. The van der Waals surface area contributed by atoms with Crippen molar-refractivity contribution in [3.05, 3.63) is 77.9 Å². The summed E-state index contributed by atoms with van der Waals surface area (Å²) < 4.78 is 60.6. The molecule has 0 spiro atoms. The van der Waals surface area contributed by atoms with Gasteiger partial charge >= 0.3 is 0 Å². The van der Waals surface area contributed by atoms with Gasteiger partial charge in [-0.25, -0.2) is 17.2 Å². The Balaban J connectivity index is 1.20. The lowest BCUT2D eigenvalue weighted by molar-refractivity contribution is 0.279. The molecular formula is C25H27F2N5O2S. The number of halogens is 2. The quantitative estimate of drug-likeness (QED) is 0.532. The van der Waals surface area contributed by atoms with E-state index in [4.69, 9.17) is 0 Å². The summed E-state index contributed by atoms with van der Waals surface area (Å²) in [6.07, 6.45) is 4.55. The molecule has 3 fully saturated rings. The van der Waals surface area contributed by atoms with E-state index >= 15 is 8.78 Å².